The van der Waals surface area contributed by atoms with Crippen LogP contribution in [0.25, 0.3) is 0 Å². The van der Waals surface area contributed by atoms with Gasteiger partial charge in [0.1, 0.15) is 6.04 Å². The summed E-state index contributed by atoms with van der Waals surface area (Å²) in [6, 6.07) is 10.8. The molecule has 1 N–H and O–H groups in total. The third-order valence-corrected chi connectivity index (χ3v) is 5.53. The number of hydrogen-bond donors (Lipinski definition) is 1. The van der Waals surface area contributed by atoms with Crippen molar-refractivity contribution in [3.05, 3.63) is 53.1 Å². The third-order valence-electron chi connectivity index (χ3n) is 4.05. The normalized spacial score (nSPS) is 13.9. The number of carbonyl (C=O) groups excluding carboxylic acids is 1. The van der Waals surface area contributed by atoms with E-state index in [4.69, 9.17) is 21.1 Å². The van der Waals surface area contributed by atoms with Gasteiger partial charge in [-0.3, -0.25) is 9.10 Å². The maximum absolute atomic E-state index is 12.6. The first-order valence-corrected chi connectivity index (χ1v) is 10.4. The van der Waals surface area contributed by atoms with Crippen molar-refractivity contribution in [2.45, 2.75) is 19.5 Å². The Morgan fingerprint density at radius 1 is 1.22 bits per heavy atom. The molecule has 2 aromatic carbocycles. The first-order valence-electron chi connectivity index (χ1n) is 8.17. The minimum atomic E-state index is -3.69. The smallest absolute Gasteiger partial charge is 0.243 e. The fraction of sp³-hybridized carbons (Fsp3) is 0.278. The molecule has 1 aliphatic heterocycles. The maximum atomic E-state index is 12.6. The highest BCUT2D eigenvalue weighted by Gasteiger charge is 2.29. The number of benzene rings is 2. The van der Waals surface area contributed by atoms with E-state index in [0.29, 0.717) is 22.2 Å². The molecule has 0 aliphatic carbocycles. The Morgan fingerprint density at radius 3 is 2.67 bits per heavy atom. The predicted molar refractivity (Wildman–Crippen MR) is 103 cm³/mol. The van der Waals surface area contributed by atoms with Gasteiger partial charge in [-0.2, -0.15) is 0 Å². The van der Waals surface area contributed by atoms with Crippen molar-refractivity contribution in [3.8, 4) is 11.5 Å². The summed E-state index contributed by atoms with van der Waals surface area (Å²) in [6.07, 6.45) is 1.05. The minimum absolute atomic E-state index is 0.172. The van der Waals surface area contributed by atoms with Crippen molar-refractivity contribution in [2.24, 2.45) is 0 Å². The summed E-state index contributed by atoms with van der Waals surface area (Å²) in [7, 11) is -3.69. The molecule has 2 aromatic rings. The highest BCUT2D eigenvalue weighted by atomic mass is 35.5. The van der Waals surface area contributed by atoms with E-state index in [0.717, 1.165) is 16.1 Å². The van der Waals surface area contributed by atoms with Crippen LogP contribution in [0.4, 0.5) is 5.69 Å². The van der Waals surface area contributed by atoms with Crippen LogP contribution in [-0.2, 0) is 21.4 Å². The quantitative estimate of drug-likeness (QED) is 0.791. The number of halogens is 1. The number of rotatable bonds is 6. The van der Waals surface area contributed by atoms with Crippen molar-refractivity contribution in [1.29, 1.82) is 0 Å². The maximum Gasteiger partial charge on any atom is 0.243 e. The van der Waals surface area contributed by atoms with E-state index >= 15 is 0 Å². The number of fused-ring (bicyclic) bond motifs is 1. The number of nitrogens with zero attached hydrogens (tertiary/aromatic N) is 1. The van der Waals surface area contributed by atoms with Gasteiger partial charge in [0.2, 0.25) is 22.7 Å². The van der Waals surface area contributed by atoms with Gasteiger partial charge in [0.15, 0.2) is 11.5 Å². The molecule has 1 amide bonds. The van der Waals surface area contributed by atoms with Crippen LogP contribution in [0.15, 0.2) is 42.5 Å². The van der Waals surface area contributed by atoms with Crippen LogP contribution in [0.3, 0.4) is 0 Å². The summed E-state index contributed by atoms with van der Waals surface area (Å²) in [5.74, 6) is 0.840. The lowest BCUT2D eigenvalue weighted by molar-refractivity contribution is -0.122. The van der Waals surface area contributed by atoms with Crippen molar-refractivity contribution in [3.63, 3.8) is 0 Å². The van der Waals surface area contributed by atoms with E-state index in [-0.39, 0.29) is 13.3 Å². The second-order valence-electron chi connectivity index (χ2n) is 6.12. The minimum Gasteiger partial charge on any atom is -0.454 e. The number of hydrogen-bond acceptors (Lipinski definition) is 5. The number of amides is 1. The van der Waals surface area contributed by atoms with Crippen molar-refractivity contribution < 1.29 is 22.7 Å². The average molecular weight is 411 g/mol. The highest BCUT2D eigenvalue weighted by molar-refractivity contribution is 7.92. The molecule has 0 saturated heterocycles. The molecule has 0 bridgehead atoms. The Labute approximate surface area is 162 Å². The number of carbonyl (C=O) groups is 1. The molecule has 7 nitrogen and oxygen atoms in total. The largest absolute Gasteiger partial charge is 0.454 e. The summed E-state index contributed by atoms with van der Waals surface area (Å²) < 4.78 is 36.1. The van der Waals surface area contributed by atoms with E-state index in [2.05, 4.69) is 5.32 Å². The van der Waals surface area contributed by atoms with Crippen LogP contribution < -0.4 is 19.1 Å². The monoisotopic (exact) mass is 410 g/mol. The molecule has 9 heteroatoms. The van der Waals surface area contributed by atoms with Gasteiger partial charge >= 0.3 is 0 Å². The zero-order valence-corrected chi connectivity index (χ0v) is 16.4. The Morgan fingerprint density at radius 2 is 1.96 bits per heavy atom. The second kappa shape index (κ2) is 7.66. The lowest BCUT2D eigenvalue weighted by atomic mass is 10.2. The molecule has 0 fully saturated rings. The number of sulfonamides is 1. The fourth-order valence-electron chi connectivity index (χ4n) is 2.81. The molecule has 27 heavy (non-hydrogen) atoms. The fourth-order valence-corrected chi connectivity index (χ4v) is 4.16. The van der Waals surface area contributed by atoms with Crippen LogP contribution in [0, 0.1) is 0 Å². The van der Waals surface area contributed by atoms with Gasteiger partial charge in [-0.05, 0) is 42.8 Å². The second-order valence-corrected chi connectivity index (χ2v) is 8.42. The van der Waals surface area contributed by atoms with Crippen LogP contribution in [0.1, 0.15) is 12.5 Å². The molecule has 0 radical (unpaired) electrons. The van der Waals surface area contributed by atoms with Gasteiger partial charge in [0, 0.05) is 11.6 Å². The van der Waals surface area contributed by atoms with E-state index in [1.165, 1.54) is 13.0 Å². The number of nitrogens with one attached hydrogen (secondary N) is 1. The zero-order chi connectivity index (χ0) is 19.6. The Hall–Kier alpha value is -2.45. The van der Waals surface area contributed by atoms with Gasteiger partial charge < -0.3 is 14.8 Å². The lowest BCUT2D eigenvalue weighted by Gasteiger charge is -2.28. The molecular formula is C18H19ClN2O5S. The number of anilines is 1. The molecule has 144 valence electrons. The Kier molecular flexibility index (Phi) is 5.48. The predicted octanol–water partition coefficient (Wildman–Crippen LogP) is 2.54. The van der Waals surface area contributed by atoms with E-state index in [9.17, 15) is 13.2 Å². The molecule has 0 unspecified atom stereocenters. The van der Waals surface area contributed by atoms with E-state index < -0.39 is 22.0 Å². The van der Waals surface area contributed by atoms with Crippen LogP contribution in [0.5, 0.6) is 11.5 Å². The molecule has 1 atom stereocenters. The van der Waals surface area contributed by atoms with Crippen LogP contribution in [-0.4, -0.2) is 33.4 Å². The van der Waals surface area contributed by atoms with E-state index in [1.54, 1.807) is 30.3 Å². The molecule has 0 aromatic heterocycles. The van der Waals surface area contributed by atoms with Gasteiger partial charge in [-0.1, -0.05) is 23.7 Å². The molecule has 0 saturated carbocycles. The van der Waals surface area contributed by atoms with Gasteiger partial charge in [-0.25, -0.2) is 8.42 Å². The molecular weight excluding hydrogens is 392 g/mol. The topological polar surface area (TPSA) is 84.9 Å². The summed E-state index contributed by atoms with van der Waals surface area (Å²) in [5, 5.41) is 3.14. The molecule has 1 heterocycles. The SMILES string of the molecule is C[C@H](C(=O)NCc1ccc2c(c1)OCO2)N(c1cccc(Cl)c1)S(C)(=O)=O. The highest BCUT2D eigenvalue weighted by Crippen LogP contribution is 2.32. The summed E-state index contributed by atoms with van der Waals surface area (Å²) in [6.45, 7) is 1.93. The molecule has 0 spiro atoms. The Bertz CT molecular complexity index is 964. The van der Waals surface area contributed by atoms with Crippen molar-refractivity contribution >= 4 is 33.2 Å². The van der Waals surface area contributed by atoms with Gasteiger partial charge in [-0.15, -0.1) is 0 Å². The standard InChI is InChI=1S/C18H19ClN2O5S/c1-12(21(27(2,23)24)15-5-3-4-14(19)9-15)18(22)20-10-13-6-7-16-17(8-13)26-11-25-16/h3-9,12H,10-11H2,1-2H3,(H,20,22)/t12-/m1/s1. The van der Waals surface area contributed by atoms with Crippen molar-refractivity contribution in [1.82, 2.24) is 5.32 Å². The van der Waals surface area contributed by atoms with Crippen LogP contribution in [0.2, 0.25) is 5.02 Å². The van der Waals surface area contributed by atoms with Gasteiger partial charge in [0.05, 0.1) is 11.9 Å². The number of ether oxygens (including phenoxy) is 2. The Balaban J connectivity index is 1.74. The molecule has 1 aliphatic rings. The summed E-state index contributed by atoms with van der Waals surface area (Å²) in [5.41, 5.74) is 1.14. The third kappa shape index (κ3) is 4.45. The van der Waals surface area contributed by atoms with Crippen molar-refractivity contribution in [2.75, 3.05) is 17.4 Å². The van der Waals surface area contributed by atoms with Gasteiger partial charge in [0.25, 0.3) is 0 Å². The van der Waals surface area contributed by atoms with Crippen LogP contribution >= 0.6 is 11.6 Å². The summed E-state index contributed by atoms with van der Waals surface area (Å²) >= 11 is 5.97. The molecule has 3 rings (SSSR count). The zero-order valence-electron chi connectivity index (χ0n) is 14.8. The first kappa shape index (κ1) is 19.3. The average Bonchev–Trinajstić information content (AvgIpc) is 3.06. The summed E-state index contributed by atoms with van der Waals surface area (Å²) in [4.78, 5) is 12.6. The first-order chi connectivity index (χ1) is 12.8. The van der Waals surface area contributed by atoms with E-state index in [1.807, 2.05) is 6.07 Å². The lowest BCUT2D eigenvalue weighted by Crippen LogP contribution is -2.47.